The average molecular weight is 357 g/mol. The molecule has 1 aromatic heterocycles. The predicted octanol–water partition coefficient (Wildman–Crippen LogP) is 3.55. The van der Waals surface area contributed by atoms with Crippen LogP contribution < -0.4 is 10.6 Å². The highest BCUT2D eigenvalue weighted by atomic mass is 35.5. The fourth-order valence-corrected chi connectivity index (χ4v) is 2.45. The number of urea groups is 1. The van der Waals surface area contributed by atoms with Crippen LogP contribution >= 0.6 is 23.2 Å². The Hall–Kier alpha value is -1.83. The molecule has 1 saturated heterocycles. The largest absolute Gasteiger partial charge is 0.368 e. The van der Waals surface area contributed by atoms with Gasteiger partial charge in [0.2, 0.25) is 0 Å². The molecule has 0 spiro atoms. The molecule has 2 N–H and O–H groups in total. The van der Waals surface area contributed by atoms with E-state index >= 15 is 0 Å². The van der Waals surface area contributed by atoms with Gasteiger partial charge in [-0.1, -0.05) is 28.4 Å². The normalized spacial score (nSPS) is 17.2. The number of ether oxygens (including phenoxy) is 1. The van der Waals surface area contributed by atoms with Crippen LogP contribution in [-0.2, 0) is 11.3 Å². The Morgan fingerprint density at radius 1 is 1.35 bits per heavy atom. The molecule has 1 unspecified atom stereocenters. The number of amides is 2. The topological polar surface area (TPSA) is 89.3 Å². The van der Waals surface area contributed by atoms with E-state index in [1.165, 1.54) is 0 Å². The van der Waals surface area contributed by atoms with Crippen molar-refractivity contribution >= 4 is 34.9 Å². The Balaban J connectivity index is 1.51. The van der Waals surface area contributed by atoms with Gasteiger partial charge in [-0.15, -0.1) is 0 Å². The summed E-state index contributed by atoms with van der Waals surface area (Å²) in [6.45, 7) is 0.843. The lowest BCUT2D eigenvalue weighted by Crippen LogP contribution is -2.28. The second-order valence-corrected chi connectivity index (χ2v) is 5.80. The van der Waals surface area contributed by atoms with Gasteiger partial charge in [-0.25, -0.2) is 4.79 Å². The van der Waals surface area contributed by atoms with Crippen molar-refractivity contribution in [1.29, 1.82) is 0 Å². The summed E-state index contributed by atoms with van der Waals surface area (Å²) in [5, 5.41) is 9.88. The highest BCUT2D eigenvalue weighted by Crippen LogP contribution is 2.27. The summed E-state index contributed by atoms with van der Waals surface area (Å²) in [6, 6.07) is 4.41. The van der Waals surface area contributed by atoms with Crippen molar-refractivity contribution in [3.8, 4) is 0 Å². The summed E-state index contributed by atoms with van der Waals surface area (Å²) >= 11 is 11.7. The van der Waals surface area contributed by atoms with Gasteiger partial charge in [-0.3, -0.25) is 0 Å². The number of nitrogens with one attached hydrogen (secondary N) is 2. The van der Waals surface area contributed by atoms with E-state index in [2.05, 4.69) is 20.8 Å². The minimum atomic E-state index is -0.410. The highest BCUT2D eigenvalue weighted by Gasteiger charge is 2.23. The predicted molar refractivity (Wildman–Crippen MR) is 84.5 cm³/mol. The fraction of sp³-hybridized carbons (Fsp3) is 0.357. The smallest absolute Gasteiger partial charge is 0.319 e. The van der Waals surface area contributed by atoms with Crippen molar-refractivity contribution in [3.05, 3.63) is 40.0 Å². The molecule has 0 aliphatic carbocycles. The standard InChI is InChI=1S/C14H14Cl2N4O3/c15-9-4-3-8(6-10(9)16)18-14(21)17-7-12-19-13(23-20-12)11-2-1-5-22-11/h3-4,6,11H,1-2,5,7H2,(H2,17,18,21). The minimum absolute atomic E-state index is 0.138. The average Bonchev–Trinajstić information content (AvgIpc) is 3.19. The van der Waals surface area contributed by atoms with Crippen molar-refractivity contribution in [2.24, 2.45) is 0 Å². The van der Waals surface area contributed by atoms with Crippen LogP contribution in [0.3, 0.4) is 0 Å². The van der Waals surface area contributed by atoms with Gasteiger partial charge in [0.1, 0.15) is 6.10 Å². The molecular weight excluding hydrogens is 343 g/mol. The number of carbonyl (C=O) groups is 1. The van der Waals surface area contributed by atoms with Gasteiger partial charge in [0, 0.05) is 12.3 Å². The summed E-state index contributed by atoms with van der Waals surface area (Å²) in [5.74, 6) is 0.837. The van der Waals surface area contributed by atoms with Gasteiger partial charge < -0.3 is 19.9 Å². The number of benzene rings is 1. The van der Waals surface area contributed by atoms with Crippen molar-refractivity contribution in [2.45, 2.75) is 25.5 Å². The summed E-state index contributed by atoms with van der Waals surface area (Å²) in [4.78, 5) is 16.0. The lowest BCUT2D eigenvalue weighted by Gasteiger charge is -2.06. The molecule has 1 aliphatic rings. The summed E-state index contributed by atoms with van der Waals surface area (Å²) < 4.78 is 10.6. The Bertz CT molecular complexity index is 701. The van der Waals surface area contributed by atoms with Crippen LogP contribution in [0.1, 0.15) is 30.7 Å². The molecule has 9 heteroatoms. The third kappa shape index (κ3) is 4.13. The van der Waals surface area contributed by atoms with E-state index in [4.69, 9.17) is 32.5 Å². The van der Waals surface area contributed by atoms with E-state index in [0.717, 1.165) is 12.8 Å². The number of halogens is 2. The van der Waals surface area contributed by atoms with Crippen LogP contribution in [0.5, 0.6) is 0 Å². The van der Waals surface area contributed by atoms with Crippen LogP contribution in [0.25, 0.3) is 0 Å². The Labute approximate surface area is 142 Å². The van der Waals surface area contributed by atoms with Crippen LogP contribution in [0, 0.1) is 0 Å². The number of nitrogens with zero attached hydrogens (tertiary/aromatic N) is 2. The van der Waals surface area contributed by atoms with Crippen molar-refractivity contribution in [3.63, 3.8) is 0 Å². The molecule has 23 heavy (non-hydrogen) atoms. The SMILES string of the molecule is O=C(NCc1noc(C2CCCO2)n1)Nc1ccc(Cl)c(Cl)c1. The Morgan fingerprint density at radius 3 is 2.96 bits per heavy atom. The molecule has 2 aromatic rings. The zero-order valence-corrected chi connectivity index (χ0v) is 13.5. The first-order valence-electron chi connectivity index (χ1n) is 7.06. The number of anilines is 1. The van der Waals surface area contributed by atoms with Gasteiger partial charge in [-0.2, -0.15) is 4.98 Å². The Kier molecular flexibility index (Phi) is 5.00. The number of carbonyl (C=O) groups excluding carboxylic acids is 1. The molecule has 0 radical (unpaired) electrons. The lowest BCUT2D eigenvalue weighted by atomic mass is 10.2. The molecular formula is C14H14Cl2N4O3. The zero-order valence-electron chi connectivity index (χ0n) is 12.0. The number of aromatic nitrogens is 2. The highest BCUT2D eigenvalue weighted by molar-refractivity contribution is 6.42. The van der Waals surface area contributed by atoms with E-state index in [0.29, 0.717) is 34.1 Å². The first-order valence-corrected chi connectivity index (χ1v) is 7.81. The molecule has 0 saturated carbocycles. The van der Waals surface area contributed by atoms with Gasteiger partial charge >= 0.3 is 6.03 Å². The molecule has 1 aromatic carbocycles. The monoisotopic (exact) mass is 356 g/mol. The third-order valence-corrected chi connectivity index (χ3v) is 4.01. The van der Waals surface area contributed by atoms with Crippen LogP contribution in [0.4, 0.5) is 10.5 Å². The van der Waals surface area contributed by atoms with Gasteiger partial charge in [0.15, 0.2) is 5.82 Å². The van der Waals surface area contributed by atoms with Gasteiger partial charge in [0.05, 0.1) is 16.6 Å². The summed E-state index contributed by atoms with van der Waals surface area (Å²) in [5.41, 5.74) is 0.532. The molecule has 7 nitrogen and oxygen atoms in total. The molecule has 2 amide bonds. The first-order chi connectivity index (χ1) is 11.1. The van der Waals surface area contributed by atoms with Crippen molar-refractivity contribution < 1.29 is 14.1 Å². The maximum Gasteiger partial charge on any atom is 0.319 e. The number of hydrogen-bond donors (Lipinski definition) is 2. The molecule has 3 rings (SSSR count). The zero-order chi connectivity index (χ0) is 16.2. The van der Waals surface area contributed by atoms with E-state index in [9.17, 15) is 4.79 Å². The van der Waals surface area contributed by atoms with Crippen LogP contribution in [0.15, 0.2) is 22.7 Å². The fourth-order valence-electron chi connectivity index (χ4n) is 2.15. The molecule has 0 bridgehead atoms. The van der Waals surface area contributed by atoms with Crippen molar-refractivity contribution in [1.82, 2.24) is 15.5 Å². The lowest BCUT2D eigenvalue weighted by molar-refractivity contribution is 0.0835. The molecule has 1 aliphatic heterocycles. The quantitative estimate of drug-likeness (QED) is 0.874. The third-order valence-electron chi connectivity index (χ3n) is 3.27. The molecule has 1 fully saturated rings. The maximum absolute atomic E-state index is 11.8. The minimum Gasteiger partial charge on any atom is -0.368 e. The van der Waals surface area contributed by atoms with Crippen molar-refractivity contribution in [2.75, 3.05) is 11.9 Å². The van der Waals surface area contributed by atoms with E-state index < -0.39 is 6.03 Å². The van der Waals surface area contributed by atoms with Crippen LogP contribution in [-0.4, -0.2) is 22.8 Å². The first kappa shape index (κ1) is 16.0. The molecule has 1 atom stereocenters. The second-order valence-electron chi connectivity index (χ2n) is 4.99. The van der Waals surface area contributed by atoms with Gasteiger partial charge in [-0.05, 0) is 31.0 Å². The van der Waals surface area contributed by atoms with Gasteiger partial charge in [0.25, 0.3) is 5.89 Å². The second kappa shape index (κ2) is 7.16. The summed E-state index contributed by atoms with van der Waals surface area (Å²) in [7, 11) is 0. The van der Waals surface area contributed by atoms with Crippen LogP contribution in [0.2, 0.25) is 10.0 Å². The number of hydrogen-bond acceptors (Lipinski definition) is 5. The van der Waals surface area contributed by atoms with E-state index in [1.807, 2.05) is 0 Å². The number of rotatable bonds is 4. The Morgan fingerprint density at radius 2 is 2.22 bits per heavy atom. The maximum atomic E-state index is 11.8. The van der Waals surface area contributed by atoms with E-state index in [-0.39, 0.29) is 12.6 Å². The van der Waals surface area contributed by atoms with E-state index in [1.54, 1.807) is 18.2 Å². The summed E-state index contributed by atoms with van der Waals surface area (Å²) in [6.07, 6.45) is 1.71. The molecule has 122 valence electrons. The molecule has 2 heterocycles.